The number of carbonyl (C=O) groups is 2. The summed E-state index contributed by atoms with van der Waals surface area (Å²) in [7, 11) is 0. The van der Waals surface area contributed by atoms with E-state index in [4.69, 9.17) is 9.47 Å². The molecule has 0 unspecified atom stereocenters. The topological polar surface area (TPSA) is 107 Å². The number of nitrogens with one attached hydrogen (secondary N) is 1. The second-order valence-corrected chi connectivity index (χ2v) is 9.31. The minimum Gasteiger partial charge on any atom is -0.490 e. The van der Waals surface area contributed by atoms with Gasteiger partial charge < -0.3 is 19.7 Å². The molecule has 0 spiro atoms. The number of carbonyl (C=O) groups excluding carboxylic acids is 2. The van der Waals surface area contributed by atoms with Crippen molar-refractivity contribution in [1.82, 2.24) is 19.9 Å². The highest BCUT2D eigenvalue weighted by Gasteiger charge is 2.30. The van der Waals surface area contributed by atoms with Gasteiger partial charge >= 0.3 is 6.18 Å². The van der Waals surface area contributed by atoms with E-state index >= 15 is 0 Å². The molecule has 0 bridgehead atoms. The van der Waals surface area contributed by atoms with Crippen molar-refractivity contribution in [3.05, 3.63) is 102 Å². The Bertz CT molecular complexity index is 1520. The Morgan fingerprint density at radius 1 is 0.810 bits per heavy atom. The van der Waals surface area contributed by atoms with Crippen molar-refractivity contribution in [3.8, 4) is 17.4 Å². The van der Waals surface area contributed by atoms with E-state index in [-0.39, 0.29) is 35.1 Å². The maximum absolute atomic E-state index is 13.0. The average Bonchev–Trinajstić information content (AvgIpc) is 2.99. The zero-order valence-electron chi connectivity index (χ0n) is 21.8. The SMILES string of the molecule is O=C(Nc1ccc(Oc2ccc(F)cc2)nc1)c1cnc(C(=O)N2CCC(Oc3ccc(C(F)(F)F)cc3)CC2)cn1. The molecule has 0 saturated carbocycles. The van der Waals surface area contributed by atoms with Crippen LogP contribution in [0.5, 0.6) is 17.4 Å². The summed E-state index contributed by atoms with van der Waals surface area (Å²) >= 11 is 0. The molecule has 2 aromatic heterocycles. The van der Waals surface area contributed by atoms with Crippen molar-refractivity contribution < 1.29 is 36.6 Å². The van der Waals surface area contributed by atoms with Gasteiger partial charge in [0.05, 0.1) is 29.8 Å². The summed E-state index contributed by atoms with van der Waals surface area (Å²) < 4.78 is 62.6. The molecule has 13 heteroatoms. The van der Waals surface area contributed by atoms with Crippen LogP contribution in [-0.2, 0) is 6.18 Å². The van der Waals surface area contributed by atoms with Gasteiger partial charge in [-0.2, -0.15) is 13.2 Å². The second kappa shape index (κ2) is 12.2. The Morgan fingerprint density at radius 3 is 2.05 bits per heavy atom. The molecular formula is C29H23F4N5O4. The third-order valence-corrected chi connectivity index (χ3v) is 6.35. The van der Waals surface area contributed by atoms with Crippen molar-refractivity contribution in [2.45, 2.75) is 25.1 Å². The number of alkyl halides is 3. The van der Waals surface area contributed by atoms with Crippen LogP contribution >= 0.6 is 0 Å². The summed E-state index contributed by atoms with van der Waals surface area (Å²) in [5, 5.41) is 2.63. The number of aromatic nitrogens is 3. The predicted molar refractivity (Wildman–Crippen MR) is 142 cm³/mol. The van der Waals surface area contributed by atoms with Crippen LogP contribution in [-0.4, -0.2) is 50.9 Å². The lowest BCUT2D eigenvalue weighted by Gasteiger charge is -2.32. The Morgan fingerprint density at radius 2 is 1.45 bits per heavy atom. The second-order valence-electron chi connectivity index (χ2n) is 9.31. The highest BCUT2D eigenvalue weighted by Crippen LogP contribution is 2.31. The fourth-order valence-corrected chi connectivity index (χ4v) is 4.14. The maximum Gasteiger partial charge on any atom is 0.416 e. The van der Waals surface area contributed by atoms with Crippen molar-refractivity contribution >= 4 is 17.5 Å². The van der Waals surface area contributed by atoms with Crippen LogP contribution in [0.15, 0.2) is 79.3 Å². The molecule has 2 amide bonds. The largest absolute Gasteiger partial charge is 0.490 e. The number of pyridine rings is 1. The molecule has 1 aliphatic rings. The van der Waals surface area contributed by atoms with E-state index in [2.05, 4.69) is 20.3 Å². The molecule has 2 aromatic carbocycles. The molecule has 0 atom stereocenters. The van der Waals surface area contributed by atoms with Gasteiger partial charge in [-0.05, 0) is 54.6 Å². The highest BCUT2D eigenvalue weighted by atomic mass is 19.4. The Kier molecular flexibility index (Phi) is 8.27. The quantitative estimate of drug-likeness (QED) is 0.277. The number of hydrogen-bond acceptors (Lipinski definition) is 7. The number of halogens is 4. The molecule has 0 radical (unpaired) electrons. The Balaban J connectivity index is 1.10. The number of likely N-dealkylation sites (tertiary alicyclic amines) is 1. The van der Waals surface area contributed by atoms with E-state index in [1.807, 2.05) is 0 Å². The highest BCUT2D eigenvalue weighted by molar-refractivity contribution is 6.02. The predicted octanol–water partition coefficient (Wildman–Crippen LogP) is 5.76. The molecule has 1 fully saturated rings. The normalized spacial score (nSPS) is 13.9. The molecule has 3 heterocycles. The molecule has 1 saturated heterocycles. The van der Waals surface area contributed by atoms with Gasteiger partial charge in [-0.15, -0.1) is 0 Å². The fourth-order valence-electron chi connectivity index (χ4n) is 4.14. The average molecular weight is 582 g/mol. The van der Waals surface area contributed by atoms with Gasteiger partial charge in [-0.25, -0.2) is 19.3 Å². The molecule has 216 valence electrons. The van der Waals surface area contributed by atoms with Crippen LogP contribution in [0.3, 0.4) is 0 Å². The van der Waals surface area contributed by atoms with Crippen molar-refractivity contribution in [2.24, 2.45) is 0 Å². The van der Waals surface area contributed by atoms with E-state index < -0.39 is 17.6 Å². The first kappa shape index (κ1) is 28.5. The summed E-state index contributed by atoms with van der Waals surface area (Å²) in [5.41, 5.74) is -0.324. The smallest absolute Gasteiger partial charge is 0.416 e. The number of anilines is 1. The van der Waals surface area contributed by atoms with Crippen molar-refractivity contribution in [3.63, 3.8) is 0 Å². The van der Waals surface area contributed by atoms with E-state index in [1.165, 1.54) is 61.1 Å². The van der Waals surface area contributed by atoms with E-state index in [9.17, 15) is 27.2 Å². The number of amides is 2. The van der Waals surface area contributed by atoms with E-state index in [0.717, 1.165) is 12.1 Å². The zero-order valence-corrected chi connectivity index (χ0v) is 21.8. The number of ether oxygens (including phenoxy) is 2. The lowest BCUT2D eigenvalue weighted by molar-refractivity contribution is -0.137. The first-order valence-electron chi connectivity index (χ1n) is 12.8. The minimum absolute atomic E-state index is 0.0122. The Hall–Kier alpha value is -5.07. The third-order valence-electron chi connectivity index (χ3n) is 6.35. The number of nitrogens with zero attached hydrogens (tertiary/aromatic N) is 4. The summed E-state index contributed by atoms with van der Waals surface area (Å²) in [6, 6.07) is 13.0. The fraction of sp³-hybridized carbons (Fsp3) is 0.207. The van der Waals surface area contributed by atoms with Gasteiger partial charge in [-0.1, -0.05) is 0 Å². The van der Waals surface area contributed by atoms with Crippen LogP contribution in [0.1, 0.15) is 39.4 Å². The van der Waals surface area contributed by atoms with Gasteiger partial charge in [0.1, 0.15) is 34.8 Å². The van der Waals surface area contributed by atoms with Crippen LogP contribution in [0.2, 0.25) is 0 Å². The molecule has 4 aromatic rings. The lowest BCUT2D eigenvalue weighted by Crippen LogP contribution is -2.42. The standard InChI is InChI=1S/C29H23F4N5O4/c30-19-3-8-22(9-4-19)42-26-10-5-20(15-36-26)37-27(39)24-16-35-25(17-34-24)28(40)38-13-11-23(12-14-38)41-21-6-1-18(2-7-21)29(31,32)33/h1-10,15-17,23H,11-14H2,(H,37,39). The van der Waals surface area contributed by atoms with E-state index in [0.29, 0.717) is 43.1 Å². The van der Waals surface area contributed by atoms with Crippen LogP contribution in [0, 0.1) is 5.82 Å². The minimum atomic E-state index is -4.41. The van der Waals surface area contributed by atoms with Crippen molar-refractivity contribution in [2.75, 3.05) is 18.4 Å². The third kappa shape index (κ3) is 7.16. The molecule has 1 N–H and O–H groups in total. The van der Waals surface area contributed by atoms with Crippen molar-refractivity contribution in [1.29, 1.82) is 0 Å². The molecule has 0 aliphatic carbocycles. The molecule has 5 rings (SSSR count). The van der Waals surface area contributed by atoms with Gasteiger partial charge in [0, 0.05) is 32.0 Å². The number of rotatable bonds is 7. The summed E-state index contributed by atoms with van der Waals surface area (Å²) in [6.07, 6.45) is 0.115. The maximum atomic E-state index is 13.0. The number of hydrogen-bond donors (Lipinski definition) is 1. The number of piperidine rings is 1. The van der Waals surface area contributed by atoms with Crippen LogP contribution in [0.25, 0.3) is 0 Å². The molecule has 42 heavy (non-hydrogen) atoms. The molecule has 1 aliphatic heterocycles. The zero-order chi connectivity index (χ0) is 29.7. The molecule has 9 nitrogen and oxygen atoms in total. The van der Waals surface area contributed by atoms with Gasteiger partial charge in [0.15, 0.2) is 0 Å². The number of benzene rings is 2. The van der Waals surface area contributed by atoms with Gasteiger partial charge in [-0.3, -0.25) is 9.59 Å². The van der Waals surface area contributed by atoms with Gasteiger partial charge in [0.25, 0.3) is 11.8 Å². The molecular weight excluding hydrogens is 558 g/mol. The van der Waals surface area contributed by atoms with Crippen LogP contribution in [0.4, 0.5) is 23.2 Å². The summed E-state index contributed by atoms with van der Waals surface area (Å²) in [6.45, 7) is 0.726. The summed E-state index contributed by atoms with van der Waals surface area (Å²) in [5.74, 6) is -0.321. The van der Waals surface area contributed by atoms with Crippen LogP contribution < -0.4 is 14.8 Å². The Labute approximate surface area is 237 Å². The van der Waals surface area contributed by atoms with Gasteiger partial charge in [0.2, 0.25) is 5.88 Å². The lowest BCUT2D eigenvalue weighted by atomic mass is 10.1. The first-order valence-corrected chi connectivity index (χ1v) is 12.8. The first-order chi connectivity index (χ1) is 20.1. The summed E-state index contributed by atoms with van der Waals surface area (Å²) in [4.78, 5) is 39.3. The van der Waals surface area contributed by atoms with E-state index in [1.54, 1.807) is 11.0 Å². The monoisotopic (exact) mass is 581 g/mol.